The van der Waals surface area contributed by atoms with Gasteiger partial charge in [0.1, 0.15) is 0 Å². The lowest BCUT2D eigenvalue weighted by molar-refractivity contribution is -0.152. The van der Waals surface area contributed by atoms with Crippen molar-refractivity contribution < 1.29 is 9.90 Å². The van der Waals surface area contributed by atoms with Crippen molar-refractivity contribution in [1.82, 2.24) is 0 Å². The lowest BCUT2D eigenvalue weighted by Crippen LogP contribution is -2.49. The van der Waals surface area contributed by atoms with E-state index in [4.69, 9.17) is 0 Å². The van der Waals surface area contributed by atoms with E-state index in [0.717, 1.165) is 25.7 Å². The smallest absolute Gasteiger partial charge is 0.306 e. The molecule has 5 unspecified atom stereocenters. The van der Waals surface area contributed by atoms with E-state index >= 15 is 0 Å². The van der Waals surface area contributed by atoms with Gasteiger partial charge in [0.25, 0.3) is 0 Å². The molecule has 0 amide bonds. The first-order chi connectivity index (χ1) is 12.2. The molecule has 5 rings (SSSR count). The van der Waals surface area contributed by atoms with Crippen LogP contribution >= 0.6 is 0 Å². The van der Waals surface area contributed by atoms with Crippen LogP contribution in [-0.4, -0.2) is 11.1 Å². The minimum Gasteiger partial charge on any atom is -0.481 e. The molecule has 2 bridgehead atoms. The maximum absolute atomic E-state index is 11.8. The van der Waals surface area contributed by atoms with Crippen LogP contribution in [0.15, 0.2) is 60.7 Å². The second-order valence-corrected chi connectivity index (χ2v) is 7.89. The molecule has 3 aliphatic carbocycles. The zero-order valence-electron chi connectivity index (χ0n) is 14.6. The molecular weight excluding hydrogens is 308 g/mol. The van der Waals surface area contributed by atoms with E-state index in [1.807, 2.05) is 0 Å². The number of hydrogen-bond donors (Lipinski definition) is 1. The maximum atomic E-state index is 11.8. The Hall–Kier alpha value is -2.09. The Bertz CT molecular complexity index is 709. The van der Waals surface area contributed by atoms with Gasteiger partial charge >= 0.3 is 5.97 Å². The highest BCUT2D eigenvalue weighted by molar-refractivity contribution is 5.70. The van der Waals surface area contributed by atoms with Crippen LogP contribution in [0.1, 0.15) is 30.4 Å². The van der Waals surface area contributed by atoms with Gasteiger partial charge in [-0.2, -0.15) is 0 Å². The summed E-state index contributed by atoms with van der Waals surface area (Å²) in [7, 11) is 0. The van der Waals surface area contributed by atoms with Gasteiger partial charge in [-0.1, -0.05) is 60.7 Å². The van der Waals surface area contributed by atoms with E-state index in [2.05, 4.69) is 60.7 Å². The van der Waals surface area contributed by atoms with Crippen LogP contribution in [0.25, 0.3) is 0 Å². The molecule has 0 heterocycles. The van der Waals surface area contributed by atoms with Gasteiger partial charge in [0.2, 0.25) is 0 Å². The molecule has 0 radical (unpaired) electrons. The predicted molar refractivity (Wildman–Crippen MR) is 99.2 cm³/mol. The summed E-state index contributed by atoms with van der Waals surface area (Å²) in [5.41, 5.74) is 2.74. The van der Waals surface area contributed by atoms with Crippen molar-refractivity contribution in [3.05, 3.63) is 71.8 Å². The van der Waals surface area contributed by atoms with Crippen molar-refractivity contribution in [2.45, 2.75) is 32.1 Å². The molecule has 2 aromatic rings. The van der Waals surface area contributed by atoms with Gasteiger partial charge in [-0.25, -0.2) is 0 Å². The lowest BCUT2D eigenvalue weighted by atomic mass is 9.52. The van der Waals surface area contributed by atoms with Gasteiger partial charge in [0.05, 0.1) is 5.92 Å². The fraction of sp³-hybridized carbons (Fsp3) is 0.435. The van der Waals surface area contributed by atoms with Gasteiger partial charge in [-0.15, -0.1) is 0 Å². The van der Waals surface area contributed by atoms with Crippen molar-refractivity contribution in [2.75, 3.05) is 0 Å². The molecule has 0 aromatic heterocycles. The third kappa shape index (κ3) is 3.35. The summed E-state index contributed by atoms with van der Waals surface area (Å²) in [4.78, 5) is 11.8. The quantitative estimate of drug-likeness (QED) is 0.850. The number of hydrogen-bond acceptors (Lipinski definition) is 1. The molecular formula is C23H26O2. The molecule has 3 fully saturated rings. The first-order valence-electron chi connectivity index (χ1n) is 9.53. The van der Waals surface area contributed by atoms with E-state index < -0.39 is 5.97 Å². The Morgan fingerprint density at radius 3 is 1.96 bits per heavy atom. The zero-order chi connectivity index (χ0) is 17.2. The normalized spacial score (nSPS) is 31.0. The molecule has 0 spiro atoms. The lowest BCUT2D eigenvalue weighted by Gasteiger charge is -2.52. The van der Waals surface area contributed by atoms with Gasteiger partial charge in [-0.05, 0) is 66.9 Å². The van der Waals surface area contributed by atoms with Gasteiger partial charge in [-0.3, -0.25) is 4.79 Å². The number of rotatable bonds is 5. The van der Waals surface area contributed by atoms with Crippen LogP contribution < -0.4 is 0 Å². The number of benzene rings is 2. The van der Waals surface area contributed by atoms with Crippen molar-refractivity contribution in [1.29, 1.82) is 0 Å². The summed E-state index contributed by atoms with van der Waals surface area (Å²) in [5, 5.41) is 9.72. The largest absolute Gasteiger partial charge is 0.481 e. The maximum Gasteiger partial charge on any atom is 0.306 e. The summed E-state index contributed by atoms with van der Waals surface area (Å²) >= 11 is 0. The Morgan fingerprint density at radius 2 is 1.40 bits per heavy atom. The van der Waals surface area contributed by atoms with E-state index in [1.165, 1.54) is 17.5 Å². The Morgan fingerprint density at radius 1 is 0.840 bits per heavy atom. The second-order valence-electron chi connectivity index (χ2n) is 7.89. The fourth-order valence-corrected chi connectivity index (χ4v) is 5.47. The molecule has 3 aliphatic rings. The summed E-state index contributed by atoms with van der Waals surface area (Å²) in [5.74, 6) is 1.26. The van der Waals surface area contributed by atoms with Crippen LogP contribution in [0.2, 0.25) is 0 Å². The minimum absolute atomic E-state index is 0.139. The molecule has 0 aliphatic heterocycles. The number of fused-ring (bicyclic) bond motifs is 3. The van der Waals surface area contributed by atoms with E-state index in [-0.39, 0.29) is 5.92 Å². The molecule has 130 valence electrons. The topological polar surface area (TPSA) is 37.3 Å². The summed E-state index contributed by atoms with van der Waals surface area (Å²) in [6.45, 7) is 0. The molecule has 2 aromatic carbocycles. The Labute approximate surface area is 149 Å². The molecule has 2 heteroatoms. The monoisotopic (exact) mass is 334 g/mol. The number of carboxylic acid groups (broad SMARTS) is 1. The van der Waals surface area contributed by atoms with Crippen LogP contribution in [0.4, 0.5) is 0 Å². The molecule has 1 N–H and O–H groups in total. The van der Waals surface area contributed by atoms with Crippen molar-refractivity contribution >= 4 is 5.97 Å². The first kappa shape index (κ1) is 16.4. The standard InChI is InChI=1S/C23H26O2/c24-23(25)22-15-18-11-12-19(22)21(14-17-9-5-2-6-10-17)20(18)13-16-7-3-1-4-8-16/h1-10,18-22H,11-15H2,(H,24,25). The van der Waals surface area contributed by atoms with Gasteiger partial charge in [0, 0.05) is 0 Å². The van der Waals surface area contributed by atoms with Crippen molar-refractivity contribution in [3.63, 3.8) is 0 Å². The Kier molecular flexibility index (Phi) is 4.61. The van der Waals surface area contributed by atoms with E-state index in [0.29, 0.717) is 23.7 Å². The summed E-state index contributed by atoms with van der Waals surface area (Å²) in [6.07, 6.45) is 5.28. The van der Waals surface area contributed by atoms with Crippen molar-refractivity contribution in [3.8, 4) is 0 Å². The fourth-order valence-electron chi connectivity index (χ4n) is 5.47. The average molecular weight is 334 g/mol. The number of carboxylic acids is 1. The second kappa shape index (κ2) is 7.03. The Balaban J connectivity index is 1.62. The van der Waals surface area contributed by atoms with Gasteiger partial charge in [0.15, 0.2) is 0 Å². The molecule has 3 saturated carbocycles. The number of carbonyl (C=O) groups is 1. The van der Waals surface area contributed by atoms with E-state index in [9.17, 15) is 9.90 Å². The average Bonchev–Trinajstić information content (AvgIpc) is 2.65. The summed E-state index contributed by atoms with van der Waals surface area (Å²) < 4.78 is 0. The molecule has 2 nitrogen and oxygen atoms in total. The SMILES string of the molecule is O=C(O)C1CC2CCC1C(Cc1ccccc1)C2Cc1ccccc1. The minimum atomic E-state index is -0.578. The third-order valence-corrected chi connectivity index (χ3v) is 6.60. The number of aliphatic carboxylic acids is 1. The van der Waals surface area contributed by atoms with Gasteiger partial charge < -0.3 is 5.11 Å². The molecule has 0 saturated heterocycles. The van der Waals surface area contributed by atoms with Crippen LogP contribution in [0.3, 0.4) is 0 Å². The third-order valence-electron chi connectivity index (χ3n) is 6.60. The first-order valence-corrected chi connectivity index (χ1v) is 9.53. The summed E-state index contributed by atoms with van der Waals surface area (Å²) in [6, 6.07) is 21.4. The zero-order valence-corrected chi connectivity index (χ0v) is 14.6. The molecule has 25 heavy (non-hydrogen) atoms. The van der Waals surface area contributed by atoms with E-state index in [1.54, 1.807) is 0 Å². The van der Waals surface area contributed by atoms with Crippen LogP contribution in [-0.2, 0) is 17.6 Å². The van der Waals surface area contributed by atoms with Crippen LogP contribution in [0, 0.1) is 29.6 Å². The highest BCUT2D eigenvalue weighted by atomic mass is 16.4. The predicted octanol–water partition coefficient (Wildman–Crippen LogP) is 4.83. The highest BCUT2D eigenvalue weighted by Crippen LogP contribution is 2.53. The highest BCUT2D eigenvalue weighted by Gasteiger charge is 2.50. The van der Waals surface area contributed by atoms with Crippen molar-refractivity contribution in [2.24, 2.45) is 29.6 Å². The van der Waals surface area contributed by atoms with Crippen LogP contribution in [0.5, 0.6) is 0 Å². The molecule has 5 atom stereocenters.